The van der Waals surface area contributed by atoms with E-state index in [1.165, 1.54) is 32.5 Å². The second-order valence-corrected chi connectivity index (χ2v) is 8.23. The van der Waals surface area contributed by atoms with E-state index in [2.05, 4.69) is 17.1 Å². The molecule has 2 heterocycles. The Morgan fingerprint density at radius 1 is 1.16 bits per heavy atom. The molecule has 25 heavy (non-hydrogen) atoms. The summed E-state index contributed by atoms with van der Waals surface area (Å²) in [7, 11) is 0. The van der Waals surface area contributed by atoms with E-state index < -0.39 is 0 Å². The van der Waals surface area contributed by atoms with Gasteiger partial charge in [0.1, 0.15) is 0 Å². The predicted octanol–water partition coefficient (Wildman–Crippen LogP) is 4.62. The van der Waals surface area contributed by atoms with E-state index in [4.69, 9.17) is 11.6 Å². The first-order chi connectivity index (χ1) is 12.0. The molecule has 0 bridgehead atoms. The fraction of sp³-hybridized carbons (Fsp3) is 0.650. The minimum Gasteiger partial charge on any atom is -0.325 e. The molecule has 4 nitrogen and oxygen atoms in total. The Labute approximate surface area is 156 Å². The van der Waals surface area contributed by atoms with Gasteiger partial charge in [-0.15, -0.1) is 0 Å². The largest absolute Gasteiger partial charge is 0.325 e. The maximum absolute atomic E-state index is 12.5. The smallest absolute Gasteiger partial charge is 0.321 e. The molecule has 2 aliphatic heterocycles. The van der Waals surface area contributed by atoms with Gasteiger partial charge in [0.15, 0.2) is 0 Å². The van der Waals surface area contributed by atoms with Crippen molar-refractivity contribution in [1.29, 1.82) is 0 Å². The predicted molar refractivity (Wildman–Crippen MR) is 104 cm³/mol. The summed E-state index contributed by atoms with van der Waals surface area (Å²) in [5, 5.41) is 3.55. The Morgan fingerprint density at radius 2 is 1.84 bits per heavy atom. The van der Waals surface area contributed by atoms with Crippen LogP contribution in [0.2, 0.25) is 5.02 Å². The zero-order valence-corrected chi connectivity index (χ0v) is 16.2. The number of piperidine rings is 2. The van der Waals surface area contributed by atoms with Crippen molar-refractivity contribution in [2.45, 2.75) is 39.5 Å². The van der Waals surface area contributed by atoms with Gasteiger partial charge in [0.2, 0.25) is 0 Å². The molecule has 2 amide bonds. The molecule has 0 atom stereocenters. The van der Waals surface area contributed by atoms with Gasteiger partial charge >= 0.3 is 6.03 Å². The lowest BCUT2D eigenvalue weighted by atomic mass is 9.93. The molecule has 2 fully saturated rings. The van der Waals surface area contributed by atoms with Crippen LogP contribution in [0.15, 0.2) is 18.2 Å². The van der Waals surface area contributed by atoms with Crippen LogP contribution in [-0.2, 0) is 0 Å². The first-order valence-corrected chi connectivity index (χ1v) is 9.93. The van der Waals surface area contributed by atoms with Gasteiger partial charge in [-0.25, -0.2) is 4.79 Å². The van der Waals surface area contributed by atoms with Gasteiger partial charge in [-0.3, -0.25) is 0 Å². The summed E-state index contributed by atoms with van der Waals surface area (Å²) in [5.74, 6) is 1.61. The molecule has 0 unspecified atom stereocenters. The number of anilines is 1. The molecule has 5 heteroatoms. The zero-order valence-electron chi connectivity index (χ0n) is 15.4. The number of hydrogen-bond acceptors (Lipinski definition) is 2. The number of rotatable bonds is 3. The number of halogens is 1. The fourth-order valence-electron chi connectivity index (χ4n) is 3.84. The van der Waals surface area contributed by atoms with Crippen LogP contribution in [0.1, 0.15) is 38.2 Å². The molecule has 2 saturated heterocycles. The molecule has 0 saturated carbocycles. The van der Waals surface area contributed by atoms with Crippen LogP contribution in [0.4, 0.5) is 10.5 Å². The van der Waals surface area contributed by atoms with Crippen molar-refractivity contribution in [3.8, 4) is 0 Å². The van der Waals surface area contributed by atoms with Crippen molar-refractivity contribution >= 4 is 23.3 Å². The molecule has 0 aromatic heterocycles. The van der Waals surface area contributed by atoms with Crippen molar-refractivity contribution in [1.82, 2.24) is 9.80 Å². The highest BCUT2D eigenvalue weighted by molar-refractivity contribution is 6.33. The van der Waals surface area contributed by atoms with E-state index in [-0.39, 0.29) is 6.03 Å². The van der Waals surface area contributed by atoms with Crippen molar-refractivity contribution in [2.24, 2.45) is 11.8 Å². The Hall–Kier alpha value is -1.26. The SMILES string of the molecule is Cc1ccc(NC(=O)N2CCC(CN3CCC(C)CC3)CC2)c(Cl)c1. The average Bonchev–Trinajstić information content (AvgIpc) is 2.60. The number of urea groups is 1. The summed E-state index contributed by atoms with van der Waals surface area (Å²) in [6, 6.07) is 5.69. The molecule has 3 rings (SSSR count). The number of aryl methyl sites for hydroxylation is 1. The van der Waals surface area contributed by atoms with E-state index in [0.29, 0.717) is 10.7 Å². The highest BCUT2D eigenvalue weighted by Crippen LogP contribution is 2.25. The Balaban J connectivity index is 1.44. The Morgan fingerprint density at radius 3 is 2.48 bits per heavy atom. The number of hydrogen-bond donors (Lipinski definition) is 1. The molecule has 1 N–H and O–H groups in total. The molecule has 0 spiro atoms. The number of nitrogens with zero attached hydrogens (tertiary/aromatic N) is 2. The molecule has 1 aromatic carbocycles. The fourth-order valence-corrected chi connectivity index (χ4v) is 4.13. The zero-order chi connectivity index (χ0) is 17.8. The summed E-state index contributed by atoms with van der Waals surface area (Å²) < 4.78 is 0. The highest BCUT2D eigenvalue weighted by Gasteiger charge is 2.26. The van der Waals surface area contributed by atoms with Crippen molar-refractivity contribution < 1.29 is 4.79 Å². The van der Waals surface area contributed by atoms with E-state index >= 15 is 0 Å². The van der Waals surface area contributed by atoms with Crippen molar-refractivity contribution in [2.75, 3.05) is 38.0 Å². The number of likely N-dealkylation sites (tertiary alicyclic amines) is 2. The van der Waals surface area contributed by atoms with E-state index in [9.17, 15) is 4.79 Å². The van der Waals surface area contributed by atoms with Gasteiger partial charge in [0, 0.05) is 19.6 Å². The maximum atomic E-state index is 12.5. The van der Waals surface area contributed by atoms with Gasteiger partial charge in [-0.2, -0.15) is 0 Å². The quantitative estimate of drug-likeness (QED) is 0.850. The van der Waals surface area contributed by atoms with Crippen molar-refractivity contribution in [3.05, 3.63) is 28.8 Å². The Kier molecular flexibility index (Phi) is 6.24. The van der Waals surface area contributed by atoms with Gasteiger partial charge in [-0.1, -0.05) is 24.6 Å². The highest BCUT2D eigenvalue weighted by atomic mass is 35.5. The third-order valence-electron chi connectivity index (χ3n) is 5.66. The molecular weight excluding hydrogens is 334 g/mol. The number of benzene rings is 1. The second-order valence-electron chi connectivity index (χ2n) is 7.83. The molecule has 1 aromatic rings. The van der Waals surface area contributed by atoms with Gasteiger partial charge in [0.25, 0.3) is 0 Å². The first kappa shape index (κ1) is 18.5. The first-order valence-electron chi connectivity index (χ1n) is 9.55. The van der Waals surface area contributed by atoms with Crippen LogP contribution >= 0.6 is 11.6 Å². The van der Waals surface area contributed by atoms with Crippen LogP contribution < -0.4 is 5.32 Å². The van der Waals surface area contributed by atoms with E-state index in [1.807, 2.05) is 30.0 Å². The second kappa shape index (κ2) is 8.41. The van der Waals surface area contributed by atoms with E-state index in [0.717, 1.165) is 43.3 Å². The van der Waals surface area contributed by atoms with Gasteiger partial charge < -0.3 is 15.1 Å². The number of nitrogens with one attached hydrogen (secondary N) is 1. The molecule has 138 valence electrons. The Bertz CT molecular complexity index is 591. The summed E-state index contributed by atoms with van der Waals surface area (Å²) in [6.45, 7) is 9.71. The lowest BCUT2D eigenvalue weighted by Crippen LogP contribution is -2.44. The topological polar surface area (TPSA) is 35.6 Å². The van der Waals surface area contributed by atoms with Gasteiger partial charge in [0.05, 0.1) is 10.7 Å². The number of amides is 2. The summed E-state index contributed by atoms with van der Waals surface area (Å²) in [6.07, 6.45) is 4.86. The third-order valence-corrected chi connectivity index (χ3v) is 5.97. The maximum Gasteiger partial charge on any atom is 0.321 e. The molecule has 0 aliphatic carbocycles. The minimum absolute atomic E-state index is 0.0315. The monoisotopic (exact) mass is 363 g/mol. The summed E-state index contributed by atoms with van der Waals surface area (Å²) >= 11 is 6.22. The minimum atomic E-state index is -0.0315. The standard InChI is InChI=1S/C20H30ClN3O/c1-15-5-9-23(10-6-15)14-17-7-11-24(12-8-17)20(25)22-19-4-3-16(2)13-18(19)21/h3-4,13,15,17H,5-12,14H2,1-2H3,(H,22,25). The van der Waals surface area contributed by atoms with Crippen LogP contribution in [0.3, 0.4) is 0 Å². The normalized spacial score (nSPS) is 20.7. The van der Waals surface area contributed by atoms with E-state index in [1.54, 1.807) is 0 Å². The molecular formula is C20H30ClN3O. The van der Waals surface area contributed by atoms with Crippen LogP contribution in [-0.4, -0.2) is 48.6 Å². The number of carbonyl (C=O) groups excluding carboxylic acids is 1. The summed E-state index contributed by atoms with van der Waals surface area (Å²) in [4.78, 5) is 17.0. The lowest BCUT2D eigenvalue weighted by molar-refractivity contribution is 0.130. The summed E-state index contributed by atoms with van der Waals surface area (Å²) in [5.41, 5.74) is 1.79. The van der Waals surface area contributed by atoms with Crippen molar-refractivity contribution in [3.63, 3.8) is 0 Å². The van der Waals surface area contributed by atoms with Crippen LogP contribution in [0.5, 0.6) is 0 Å². The van der Waals surface area contributed by atoms with Crippen LogP contribution in [0.25, 0.3) is 0 Å². The average molecular weight is 364 g/mol. The van der Waals surface area contributed by atoms with Crippen LogP contribution in [0, 0.1) is 18.8 Å². The number of carbonyl (C=O) groups is 1. The third kappa shape index (κ3) is 5.11. The lowest BCUT2D eigenvalue weighted by Gasteiger charge is -2.37. The molecule has 0 radical (unpaired) electrons. The van der Waals surface area contributed by atoms with Gasteiger partial charge in [-0.05, 0) is 75.2 Å². The molecule has 2 aliphatic rings.